The first-order chi connectivity index (χ1) is 9.38. The number of halogens is 1. The van der Waals surface area contributed by atoms with E-state index >= 15 is 0 Å². The van der Waals surface area contributed by atoms with Crippen LogP contribution in [-0.2, 0) is 0 Å². The van der Waals surface area contributed by atoms with Crippen molar-refractivity contribution in [3.63, 3.8) is 0 Å². The lowest BCUT2D eigenvalue weighted by Gasteiger charge is -2.42. The summed E-state index contributed by atoms with van der Waals surface area (Å²) in [5, 5.41) is 13.9. The third kappa shape index (κ3) is 2.56. The molecule has 7 heteroatoms. The Morgan fingerprint density at radius 1 is 1.55 bits per heavy atom. The maximum Gasteiger partial charge on any atom is 0.294 e. The zero-order valence-corrected chi connectivity index (χ0v) is 11.9. The van der Waals surface area contributed by atoms with Crippen LogP contribution in [0, 0.1) is 10.1 Å². The lowest BCUT2D eigenvalue weighted by atomic mass is 9.74. The van der Waals surface area contributed by atoms with Crippen molar-refractivity contribution in [2.45, 2.75) is 38.1 Å². The van der Waals surface area contributed by atoms with Gasteiger partial charge in [-0.15, -0.1) is 0 Å². The summed E-state index contributed by atoms with van der Waals surface area (Å²) < 4.78 is 0. The largest absolute Gasteiger partial charge is 0.392 e. The number of nitrogens with zero attached hydrogens (tertiary/aromatic N) is 1. The number of nitrogens with one attached hydrogen (secondary N) is 1. The van der Waals surface area contributed by atoms with E-state index in [9.17, 15) is 14.9 Å². The lowest BCUT2D eigenvalue weighted by Crippen LogP contribution is -2.52. The molecule has 1 aliphatic carbocycles. The van der Waals surface area contributed by atoms with Crippen LogP contribution in [0.3, 0.4) is 0 Å². The number of nitro benzene ring substituents is 1. The van der Waals surface area contributed by atoms with Gasteiger partial charge in [-0.25, -0.2) is 0 Å². The molecule has 6 nitrogen and oxygen atoms in total. The smallest absolute Gasteiger partial charge is 0.294 e. The number of benzene rings is 1. The number of nitrogen functional groups attached to an aromatic ring is 1. The average molecular weight is 298 g/mol. The number of nitro groups is 1. The summed E-state index contributed by atoms with van der Waals surface area (Å²) in [5.41, 5.74) is 5.05. The van der Waals surface area contributed by atoms with Crippen molar-refractivity contribution in [2.24, 2.45) is 0 Å². The summed E-state index contributed by atoms with van der Waals surface area (Å²) in [6, 6.07) is 2.53. The van der Waals surface area contributed by atoms with Gasteiger partial charge in [0.2, 0.25) is 0 Å². The highest BCUT2D eigenvalue weighted by molar-refractivity contribution is 6.34. The van der Waals surface area contributed by atoms with E-state index < -0.39 is 4.92 Å². The van der Waals surface area contributed by atoms with Crippen LogP contribution >= 0.6 is 11.6 Å². The number of anilines is 1. The Hall–Kier alpha value is -1.82. The van der Waals surface area contributed by atoms with Crippen molar-refractivity contribution in [1.29, 1.82) is 0 Å². The van der Waals surface area contributed by atoms with Crippen molar-refractivity contribution in [1.82, 2.24) is 5.32 Å². The van der Waals surface area contributed by atoms with Crippen LogP contribution in [0.5, 0.6) is 0 Å². The van der Waals surface area contributed by atoms with Crippen molar-refractivity contribution in [3.8, 4) is 0 Å². The standard InChI is InChI=1S/C13H16ClN3O3/c1-2-13(4-3-5-13)16-12(18)8-6-9(14)11(15)10(7-8)17(19)20/h6-7H,2-5,15H2,1H3,(H,16,18). The predicted molar refractivity (Wildman–Crippen MR) is 76.9 cm³/mol. The number of amides is 1. The molecule has 1 saturated carbocycles. The highest BCUT2D eigenvalue weighted by Gasteiger charge is 2.36. The van der Waals surface area contributed by atoms with Crippen LogP contribution < -0.4 is 11.1 Å². The van der Waals surface area contributed by atoms with Gasteiger partial charge in [-0.3, -0.25) is 14.9 Å². The molecule has 0 spiro atoms. The molecule has 1 aromatic rings. The Labute approximate surface area is 121 Å². The Balaban J connectivity index is 2.28. The zero-order valence-electron chi connectivity index (χ0n) is 11.1. The summed E-state index contributed by atoms with van der Waals surface area (Å²) in [5.74, 6) is -0.350. The molecule has 0 aliphatic heterocycles. The number of carbonyl (C=O) groups excluding carboxylic acids is 1. The number of rotatable bonds is 4. The maximum atomic E-state index is 12.2. The first kappa shape index (κ1) is 14.6. The normalized spacial score (nSPS) is 16.3. The van der Waals surface area contributed by atoms with E-state index in [4.69, 9.17) is 17.3 Å². The van der Waals surface area contributed by atoms with Gasteiger partial charge in [0, 0.05) is 17.2 Å². The van der Waals surface area contributed by atoms with Gasteiger partial charge in [-0.05, 0) is 31.7 Å². The van der Waals surface area contributed by atoms with Crippen molar-refractivity contribution in [2.75, 3.05) is 5.73 Å². The van der Waals surface area contributed by atoms with Gasteiger partial charge in [-0.2, -0.15) is 0 Å². The quantitative estimate of drug-likeness (QED) is 0.507. The Morgan fingerprint density at radius 3 is 2.65 bits per heavy atom. The number of hydrogen-bond donors (Lipinski definition) is 2. The minimum Gasteiger partial charge on any atom is -0.392 e. The monoisotopic (exact) mass is 297 g/mol. The number of hydrogen-bond acceptors (Lipinski definition) is 4. The predicted octanol–water partition coefficient (Wildman–Crippen LogP) is 2.89. The Kier molecular flexibility index (Phi) is 3.85. The molecule has 0 saturated heterocycles. The molecule has 0 heterocycles. The minimum atomic E-state index is -0.642. The summed E-state index contributed by atoms with van der Waals surface area (Å²) in [6.07, 6.45) is 3.78. The summed E-state index contributed by atoms with van der Waals surface area (Å²) in [4.78, 5) is 22.5. The van der Waals surface area contributed by atoms with E-state index in [1.807, 2.05) is 6.92 Å². The van der Waals surface area contributed by atoms with E-state index in [1.54, 1.807) is 0 Å². The molecule has 108 valence electrons. The highest BCUT2D eigenvalue weighted by Crippen LogP contribution is 2.36. The molecule has 0 bridgehead atoms. The van der Waals surface area contributed by atoms with Crippen molar-refractivity contribution in [3.05, 3.63) is 32.8 Å². The van der Waals surface area contributed by atoms with Crippen LogP contribution in [0.15, 0.2) is 12.1 Å². The molecule has 0 aromatic heterocycles. The Morgan fingerprint density at radius 2 is 2.20 bits per heavy atom. The molecule has 1 amide bonds. The fourth-order valence-electron chi connectivity index (χ4n) is 2.37. The summed E-state index contributed by atoms with van der Waals surface area (Å²) >= 11 is 5.85. The number of carbonyl (C=O) groups is 1. The third-order valence-electron chi connectivity index (χ3n) is 3.93. The topological polar surface area (TPSA) is 98.3 Å². The molecule has 0 atom stereocenters. The number of nitrogens with two attached hydrogens (primary N) is 1. The molecule has 3 N–H and O–H groups in total. The van der Waals surface area contributed by atoms with Crippen LogP contribution in [-0.4, -0.2) is 16.4 Å². The van der Waals surface area contributed by atoms with Crippen LogP contribution in [0.1, 0.15) is 43.0 Å². The highest BCUT2D eigenvalue weighted by atomic mass is 35.5. The van der Waals surface area contributed by atoms with Crippen LogP contribution in [0.25, 0.3) is 0 Å². The zero-order chi connectivity index (χ0) is 14.9. The molecule has 20 heavy (non-hydrogen) atoms. The SMILES string of the molecule is CCC1(NC(=O)c2cc(Cl)c(N)c([N+](=O)[O-])c2)CCC1. The van der Waals surface area contributed by atoms with E-state index in [0.29, 0.717) is 0 Å². The van der Waals surface area contributed by atoms with Gasteiger partial charge in [0.15, 0.2) is 0 Å². The van der Waals surface area contributed by atoms with Gasteiger partial charge in [-0.1, -0.05) is 18.5 Å². The molecular weight excluding hydrogens is 282 g/mol. The van der Waals surface area contributed by atoms with Gasteiger partial charge in [0.25, 0.3) is 11.6 Å². The molecule has 0 radical (unpaired) electrons. The second kappa shape index (κ2) is 5.28. The van der Waals surface area contributed by atoms with Gasteiger partial charge in [0.05, 0.1) is 9.95 Å². The van der Waals surface area contributed by atoms with Crippen LogP contribution in [0.4, 0.5) is 11.4 Å². The molecule has 2 rings (SSSR count). The summed E-state index contributed by atoms with van der Waals surface area (Å²) in [6.45, 7) is 2.01. The van der Waals surface area contributed by atoms with Gasteiger partial charge >= 0.3 is 0 Å². The molecular formula is C13H16ClN3O3. The average Bonchev–Trinajstić information content (AvgIpc) is 2.36. The van der Waals surface area contributed by atoms with Crippen molar-refractivity contribution >= 4 is 28.9 Å². The first-order valence-corrected chi connectivity index (χ1v) is 6.82. The first-order valence-electron chi connectivity index (χ1n) is 6.44. The lowest BCUT2D eigenvalue weighted by molar-refractivity contribution is -0.383. The Bertz CT molecular complexity index is 565. The summed E-state index contributed by atoms with van der Waals surface area (Å²) in [7, 11) is 0. The van der Waals surface area contributed by atoms with E-state index in [0.717, 1.165) is 25.7 Å². The maximum absolute atomic E-state index is 12.2. The molecule has 1 fully saturated rings. The second-order valence-electron chi connectivity index (χ2n) is 5.09. The van der Waals surface area contributed by atoms with Gasteiger partial charge < -0.3 is 11.1 Å². The van der Waals surface area contributed by atoms with Crippen LogP contribution in [0.2, 0.25) is 5.02 Å². The minimum absolute atomic E-state index is 0.0171. The van der Waals surface area contributed by atoms with Gasteiger partial charge in [0.1, 0.15) is 5.69 Å². The third-order valence-corrected chi connectivity index (χ3v) is 4.25. The molecule has 1 aliphatic rings. The van der Waals surface area contributed by atoms with E-state index in [2.05, 4.69) is 5.32 Å². The molecule has 0 unspecified atom stereocenters. The molecule has 1 aromatic carbocycles. The fraction of sp³-hybridized carbons (Fsp3) is 0.462. The fourth-order valence-corrected chi connectivity index (χ4v) is 2.58. The van der Waals surface area contributed by atoms with E-state index in [1.165, 1.54) is 12.1 Å². The van der Waals surface area contributed by atoms with Crippen molar-refractivity contribution < 1.29 is 9.72 Å². The second-order valence-corrected chi connectivity index (χ2v) is 5.50. The van der Waals surface area contributed by atoms with E-state index in [-0.39, 0.29) is 33.4 Å².